The van der Waals surface area contributed by atoms with Gasteiger partial charge in [0.15, 0.2) is 5.78 Å². The van der Waals surface area contributed by atoms with Crippen molar-refractivity contribution in [2.45, 2.75) is 6.42 Å². The monoisotopic (exact) mass is 237 g/mol. The number of cyclic esters (lactones) is 1. The lowest BCUT2D eigenvalue weighted by atomic mass is 10.1. The average molecular weight is 237 g/mol. The molecule has 4 nitrogen and oxygen atoms in total. The quantitative estimate of drug-likeness (QED) is 0.754. The maximum atomic E-state index is 12.7. The van der Waals surface area contributed by atoms with E-state index in [4.69, 9.17) is 4.74 Å². The lowest BCUT2D eigenvalue weighted by Gasteiger charge is -2.25. The molecule has 1 aromatic carbocycles. The van der Waals surface area contributed by atoms with Crippen LogP contribution in [-0.4, -0.2) is 36.5 Å². The molecule has 1 amide bonds. The highest BCUT2D eigenvalue weighted by molar-refractivity contribution is 5.98. The molecular weight excluding hydrogens is 225 g/mol. The van der Waals surface area contributed by atoms with Crippen molar-refractivity contribution < 1.29 is 18.7 Å². The van der Waals surface area contributed by atoms with Gasteiger partial charge in [0, 0.05) is 12.1 Å². The second-order valence-electron chi connectivity index (χ2n) is 3.82. The molecule has 17 heavy (non-hydrogen) atoms. The van der Waals surface area contributed by atoms with Crippen LogP contribution in [0.5, 0.6) is 0 Å². The summed E-state index contributed by atoms with van der Waals surface area (Å²) in [5.41, 5.74) is 0.393. The summed E-state index contributed by atoms with van der Waals surface area (Å²) in [4.78, 5) is 24.5. The summed E-state index contributed by atoms with van der Waals surface area (Å²) in [7, 11) is 0. The molecule has 0 aliphatic carbocycles. The summed E-state index contributed by atoms with van der Waals surface area (Å²) in [5, 5.41) is 0. The fourth-order valence-electron chi connectivity index (χ4n) is 1.64. The van der Waals surface area contributed by atoms with E-state index < -0.39 is 6.09 Å². The summed E-state index contributed by atoms with van der Waals surface area (Å²) in [6.45, 7) is 0.899. The molecule has 1 heterocycles. The number of Topliss-reactive ketones (excluding diaryl/α,β-unsaturated/α-hetero) is 1. The van der Waals surface area contributed by atoms with Crippen LogP contribution in [0.1, 0.15) is 16.8 Å². The molecule has 1 saturated heterocycles. The van der Waals surface area contributed by atoms with E-state index in [0.29, 0.717) is 18.7 Å². The number of ether oxygens (including phenoxy) is 1. The Bertz CT molecular complexity index is 430. The van der Waals surface area contributed by atoms with E-state index in [2.05, 4.69) is 0 Å². The molecule has 2 rings (SSSR count). The van der Waals surface area contributed by atoms with Crippen molar-refractivity contribution in [2.75, 3.05) is 19.7 Å². The van der Waals surface area contributed by atoms with Crippen LogP contribution in [0.15, 0.2) is 24.3 Å². The second-order valence-corrected chi connectivity index (χ2v) is 3.82. The van der Waals surface area contributed by atoms with Crippen molar-refractivity contribution in [2.24, 2.45) is 0 Å². The number of carbonyl (C=O) groups is 2. The molecule has 1 fully saturated rings. The number of rotatable bonds is 3. The van der Waals surface area contributed by atoms with E-state index in [1.165, 1.54) is 29.2 Å². The summed E-state index contributed by atoms with van der Waals surface area (Å²) >= 11 is 0. The Kier molecular flexibility index (Phi) is 3.37. The van der Waals surface area contributed by atoms with Gasteiger partial charge in [-0.2, -0.15) is 0 Å². The first-order valence-corrected chi connectivity index (χ1v) is 5.37. The van der Waals surface area contributed by atoms with Crippen LogP contribution in [0, 0.1) is 5.82 Å². The smallest absolute Gasteiger partial charge is 0.410 e. The zero-order valence-corrected chi connectivity index (χ0v) is 9.19. The van der Waals surface area contributed by atoms with Gasteiger partial charge in [0.05, 0.1) is 13.2 Å². The first-order valence-electron chi connectivity index (χ1n) is 5.37. The number of carbonyl (C=O) groups excluding carboxylic acids is 2. The van der Waals surface area contributed by atoms with Crippen LogP contribution >= 0.6 is 0 Å². The minimum absolute atomic E-state index is 0.0233. The number of benzene rings is 1. The number of amides is 1. The molecule has 5 heteroatoms. The summed E-state index contributed by atoms with van der Waals surface area (Å²) in [5.74, 6) is -0.609. The molecule has 0 saturated carbocycles. The van der Waals surface area contributed by atoms with Gasteiger partial charge < -0.3 is 9.64 Å². The van der Waals surface area contributed by atoms with Gasteiger partial charge in [0.2, 0.25) is 0 Å². The second kappa shape index (κ2) is 4.95. The molecule has 1 aliphatic heterocycles. The van der Waals surface area contributed by atoms with E-state index >= 15 is 0 Å². The Hall–Kier alpha value is -1.91. The Labute approximate surface area is 98.0 Å². The van der Waals surface area contributed by atoms with Gasteiger partial charge in [-0.3, -0.25) is 4.79 Å². The predicted molar refractivity (Wildman–Crippen MR) is 58.3 cm³/mol. The van der Waals surface area contributed by atoms with Gasteiger partial charge in [-0.25, -0.2) is 9.18 Å². The SMILES string of the molecule is O=C(CN1CCCOC1=O)c1ccc(F)cc1. The van der Waals surface area contributed by atoms with Gasteiger partial charge in [-0.1, -0.05) is 0 Å². The van der Waals surface area contributed by atoms with Crippen molar-refractivity contribution in [1.82, 2.24) is 4.90 Å². The largest absolute Gasteiger partial charge is 0.449 e. The maximum Gasteiger partial charge on any atom is 0.410 e. The van der Waals surface area contributed by atoms with E-state index in [-0.39, 0.29) is 18.1 Å². The van der Waals surface area contributed by atoms with Gasteiger partial charge in [-0.15, -0.1) is 0 Å². The molecule has 0 radical (unpaired) electrons. The predicted octanol–water partition coefficient (Wildman–Crippen LogP) is 1.85. The summed E-state index contributed by atoms with van der Waals surface area (Å²) < 4.78 is 17.5. The van der Waals surface area contributed by atoms with E-state index in [1.807, 2.05) is 0 Å². The number of ketones is 1. The molecule has 0 bridgehead atoms. The van der Waals surface area contributed by atoms with E-state index in [9.17, 15) is 14.0 Å². The first-order chi connectivity index (χ1) is 8.16. The van der Waals surface area contributed by atoms with Crippen molar-refractivity contribution in [1.29, 1.82) is 0 Å². The molecule has 0 unspecified atom stereocenters. The molecule has 0 spiro atoms. The normalized spacial score (nSPS) is 15.6. The Morgan fingerprint density at radius 1 is 1.35 bits per heavy atom. The van der Waals surface area contributed by atoms with E-state index in [1.54, 1.807) is 0 Å². The standard InChI is InChI=1S/C12H12FNO3/c13-10-4-2-9(3-5-10)11(15)8-14-6-1-7-17-12(14)16/h2-5H,1,6-8H2. The zero-order chi connectivity index (χ0) is 12.3. The molecule has 1 aromatic rings. The highest BCUT2D eigenvalue weighted by atomic mass is 19.1. The lowest BCUT2D eigenvalue weighted by molar-refractivity contribution is 0.0655. The molecule has 1 aliphatic rings. The fraction of sp³-hybridized carbons (Fsp3) is 0.333. The van der Waals surface area contributed by atoms with E-state index in [0.717, 1.165) is 6.42 Å². The number of nitrogens with zero attached hydrogens (tertiary/aromatic N) is 1. The van der Waals surface area contributed by atoms with Crippen LogP contribution in [0.25, 0.3) is 0 Å². The van der Waals surface area contributed by atoms with Crippen molar-refractivity contribution >= 4 is 11.9 Å². The first kappa shape index (κ1) is 11.6. The zero-order valence-electron chi connectivity index (χ0n) is 9.19. The molecule has 90 valence electrons. The third kappa shape index (κ3) is 2.81. The van der Waals surface area contributed by atoms with Crippen LogP contribution in [0.4, 0.5) is 9.18 Å². The van der Waals surface area contributed by atoms with Crippen LogP contribution in [0.3, 0.4) is 0 Å². The van der Waals surface area contributed by atoms with Crippen LogP contribution in [0.2, 0.25) is 0 Å². The summed E-state index contributed by atoms with van der Waals surface area (Å²) in [6, 6.07) is 5.27. The van der Waals surface area contributed by atoms with Gasteiger partial charge >= 0.3 is 6.09 Å². The molecule has 0 aromatic heterocycles. The number of hydrogen-bond donors (Lipinski definition) is 0. The van der Waals surface area contributed by atoms with Crippen LogP contribution in [-0.2, 0) is 4.74 Å². The fourth-order valence-corrected chi connectivity index (χ4v) is 1.64. The van der Waals surface area contributed by atoms with Gasteiger partial charge in [0.1, 0.15) is 5.82 Å². The number of hydrogen-bond acceptors (Lipinski definition) is 3. The third-order valence-electron chi connectivity index (χ3n) is 2.56. The summed E-state index contributed by atoms with van der Waals surface area (Å²) in [6.07, 6.45) is 0.259. The highest BCUT2D eigenvalue weighted by Gasteiger charge is 2.22. The Morgan fingerprint density at radius 3 is 2.71 bits per heavy atom. The molecule has 0 N–H and O–H groups in total. The topological polar surface area (TPSA) is 46.6 Å². The molecular formula is C12H12FNO3. The Balaban J connectivity index is 2.01. The van der Waals surface area contributed by atoms with Crippen molar-refractivity contribution in [3.05, 3.63) is 35.6 Å². The van der Waals surface area contributed by atoms with Crippen molar-refractivity contribution in [3.63, 3.8) is 0 Å². The van der Waals surface area contributed by atoms with Crippen LogP contribution < -0.4 is 0 Å². The number of halogens is 1. The third-order valence-corrected chi connectivity index (χ3v) is 2.56. The van der Waals surface area contributed by atoms with Gasteiger partial charge in [-0.05, 0) is 30.7 Å². The highest BCUT2D eigenvalue weighted by Crippen LogP contribution is 2.08. The minimum Gasteiger partial charge on any atom is -0.449 e. The van der Waals surface area contributed by atoms with Gasteiger partial charge in [0.25, 0.3) is 0 Å². The minimum atomic E-state index is -0.466. The maximum absolute atomic E-state index is 12.7. The molecule has 0 atom stereocenters. The van der Waals surface area contributed by atoms with Crippen molar-refractivity contribution in [3.8, 4) is 0 Å². The average Bonchev–Trinajstić information content (AvgIpc) is 2.33. The Morgan fingerprint density at radius 2 is 2.06 bits per heavy atom. The lowest BCUT2D eigenvalue weighted by Crippen LogP contribution is -2.40.